The van der Waals surface area contributed by atoms with Gasteiger partial charge in [0.25, 0.3) is 0 Å². The monoisotopic (exact) mass is 378 g/mol. The zero-order valence-electron chi connectivity index (χ0n) is 16.3. The molecular weight excluding hydrogens is 352 g/mol. The molecule has 3 aromatic rings. The molecule has 1 aliphatic heterocycles. The summed E-state index contributed by atoms with van der Waals surface area (Å²) in [5, 5.41) is 0. The predicted octanol–water partition coefficient (Wildman–Crippen LogP) is 2.61. The van der Waals surface area contributed by atoms with Crippen LogP contribution in [0.3, 0.4) is 0 Å². The van der Waals surface area contributed by atoms with E-state index in [2.05, 4.69) is 17.1 Å². The SMILES string of the molecule is Cn1c(=O)n(CC2CCN(C(=O)CCc3ccccc3)CC2)c2ncccc21. The van der Waals surface area contributed by atoms with Crippen molar-refractivity contribution >= 4 is 17.1 Å². The van der Waals surface area contributed by atoms with Crippen molar-refractivity contribution in [2.24, 2.45) is 13.0 Å². The number of carbonyl (C=O) groups excluding carboxylic acids is 1. The van der Waals surface area contributed by atoms with E-state index in [1.54, 1.807) is 22.4 Å². The Kier molecular flexibility index (Phi) is 5.28. The Morgan fingerprint density at radius 3 is 2.61 bits per heavy atom. The Morgan fingerprint density at radius 2 is 1.86 bits per heavy atom. The van der Waals surface area contributed by atoms with Gasteiger partial charge in [-0.15, -0.1) is 0 Å². The summed E-state index contributed by atoms with van der Waals surface area (Å²) in [5.74, 6) is 0.620. The van der Waals surface area contributed by atoms with Gasteiger partial charge in [0.15, 0.2) is 5.65 Å². The number of rotatable bonds is 5. The molecule has 6 nitrogen and oxygen atoms in total. The second kappa shape index (κ2) is 8.00. The first-order chi connectivity index (χ1) is 13.6. The highest BCUT2D eigenvalue weighted by molar-refractivity contribution is 5.76. The summed E-state index contributed by atoms with van der Waals surface area (Å²) in [4.78, 5) is 31.5. The van der Waals surface area contributed by atoms with Crippen molar-refractivity contribution < 1.29 is 4.79 Å². The van der Waals surface area contributed by atoms with Crippen molar-refractivity contribution in [2.75, 3.05) is 13.1 Å². The number of benzene rings is 1. The summed E-state index contributed by atoms with van der Waals surface area (Å²) >= 11 is 0. The van der Waals surface area contributed by atoms with Crippen LogP contribution in [0.25, 0.3) is 11.2 Å². The molecule has 3 heterocycles. The van der Waals surface area contributed by atoms with Gasteiger partial charge in [-0.1, -0.05) is 30.3 Å². The molecule has 0 aliphatic carbocycles. The Morgan fingerprint density at radius 1 is 1.11 bits per heavy atom. The van der Waals surface area contributed by atoms with Crippen molar-refractivity contribution in [3.05, 3.63) is 64.7 Å². The van der Waals surface area contributed by atoms with Gasteiger partial charge in [0.05, 0.1) is 5.52 Å². The molecule has 0 atom stereocenters. The van der Waals surface area contributed by atoms with E-state index in [-0.39, 0.29) is 11.6 Å². The normalized spacial score (nSPS) is 15.2. The maximum Gasteiger partial charge on any atom is 0.330 e. The van der Waals surface area contributed by atoms with Gasteiger partial charge < -0.3 is 4.90 Å². The fourth-order valence-electron chi connectivity index (χ4n) is 4.07. The number of carbonyl (C=O) groups is 1. The molecular formula is C22H26N4O2. The van der Waals surface area contributed by atoms with E-state index >= 15 is 0 Å². The van der Waals surface area contributed by atoms with Gasteiger partial charge in [0, 0.05) is 39.3 Å². The number of imidazole rings is 1. The summed E-state index contributed by atoms with van der Waals surface area (Å²) in [6.07, 6.45) is 4.92. The van der Waals surface area contributed by atoms with Crippen molar-refractivity contribution in [1.82, 2.24) is 19.0 Å². The summed E-state index contributed by atoms with van der Waals surface area (Å²) in [6, 6.07) is 13.9. The summed E-state index contributed by atoms with van der Waals surface area (Å²) in [5.41, 5.74) is 2.79. The highest BCUT2D eigenvalue weighted by Gasteiger charge is 2.24. The van der Waals surface area contributed by atoms with Gasteiger partial charge >= 0.3 is 5.69 Å². The van der Waals surface area contributed by atoms with Crippen LogP contribution in [0.2, 0.25) is 0 Å². The number of aryl methyl sites for hydroxylation is 2. The molecule has 1 amide bonds. The third-order valence-electron chi connectivity index (χ3n) is 5.78. The molecule has 0 radical (unpaired) electrons. The molecule has 0 unspecified atom stereocenters. The Hall–Kier alpha value is -2.89. The number of amides is 1. The van der Waals surface area contributed by atoms with E-state index in [1.165, 1.54) is 5.56 Å². The van der Waals surface area contributed by atoms with Crippen molar-refractivity contribution in [1.29, 1.82) is 0 Å². The van der Waals surface area contributed by atoms with Crippen LogP contribution in [0.1, 0.15) is 24.8 Å². The van der Waals surface area contributed by atoms with Gasteiger partial charge in [0.1, 0.15) is 0 Å². The van der Waals surface area contributed by atoms with E-state index < -0.39 is 0 Å². The van der Waals surface area contributed by atoms with Gasteiger partial charge in [-0.3, -0.25) is 13.9 Å². The first-order valence-electron chi connectivity index (χ1n) is 9.95. The molecule has 1 fully saturated rings. The van der Waals surface area contributed by atoms with Crippen LogP contribution < -0.4 is 5.69 Å². The maximum atomic E-state index is 12.6. The molecule has 1 aliphatic rings. The van der Waals surface area contributed by atoms with E-state index in [4.69, 9.17) is 0 Å². The van der Waals surface area contributed by atoms with E-state index in [1.807, 2.05) is 35.2 Å². The topological polar surface area (TPSA) is 60.1 Å². The number of likely N-dealkylation sites (tertiary alicyclic amines) is 1. The van der Waals surface area contributed by atoms with Gasteiger partial charge in [-0.25, -0.2) is 9.78 Å². The zero-order chi connectivity index (χ0) is 19.5. The number of fused-ring (bicyclic) bond motifs is 1. The van der Waals surface area contributed by atoms with Crippen molar-refractivity contribution in [2.45, 2.75) is 32.2 Å². The lowest BCUT2D eigenvalue weighted by atomic mass is 9.96. The number of pyridine rings is 1. The number of nitrogens with zero attached hydrogens (tertiary/aromatic N) is 4. The average molecular weight is 378 g/mol. The summed E-state index contributed by atoms with van der Waals surface area (Å²) < 4.78 is 3.44. The molecule has 6 heteroatoms. The van der Waals surface area contributed by atoms with Crippen LogP contribution >= 0.6 is 0 Å². The first-order valence-corrected chi connectivity index (χ1v) is 9.95. The molecule has 0 N–H and O–H groups in total. The average Bonchev–Trinajstić information content (AvgIpc) is 2.98. The largest absolute Gasteiger partial charge is 0.343 e. The highest BCUT2D eigenvalue weighted by atomic mass is 16.2. The van der Waals surface area contributed by atoms with Crippen LogP contribution in [0.5, 0.6) is 0 Å². The summed E-state index contributed by atoms with van der Waals surface area (Å²) in [6.45, 7) is 2.20. The maximum absolute atomic E-state index is 12.6. The lowest BCUT2D eigenvalue weighted by molar-refractivity contribution is -0.132. The second-order valence-electron chi connectivity index (χ2n) is 7.61. The third kappa shape index (κ3) is 3.72. The molecule has 4 rings (SSSR count). The Balaban J connectivity index is 1.34. The minimum absolute atomic E-state index is 0.0185. The lowest BCUT2D eigenvalue weighted by Gasteiger charge is -2.32. The number of hydrogen-bond acceptors (Lipinski definition) is 3. The van der Waals surface area contributed by atoms with E-state index in [0.717, 1.165) is 43.5 Å². The number of hydrogen-bond donors (Lipinski definition) is 0. The minimum Gasteiger partial charge on any atom is -0.343 e. The van der Waals surface area contributed by atoms with Crippen LogP contribution in [0, 0.1) is 5.92 Å². The van der Waals surface area contributed by atoms with Gasteiger partial charge in [-0.05, 0) is 42.9 Å². The molecule has 0 spiro atoms. The van der Waals surface area contributed by atoms with Crippen molar-refractivity contribution in [3.63, 3.8) is 0 Å². The predicted molar refractivity (Wildman–Crippen MR) is 109 cm³/mol. The van der Waals surface area contributed by atoms with Crippen LogP contribution in [-0.2, 0) is 24.8 Å². The fourth-order valence-corrected chi connectivity index (χ4v) is 4.07. The quantitative estimate of drug-likeness (QED) is 0.686. The highest BCUT2D eigenvalue weighted by Crippen LogP contribution is 2.21. The standard InChI is InChI=1S/C22H26N4O2/c1-24-19-8-5-13-23-21(19)26(22(24)28)16-18-11-14-25(15-12-18)20(27)10-9-17-6-3-2-4-7-17/h2-8,13,18H,9-12,14-16H2,1H3. The third-order valence-corrected chi connectivity index (χ3v) is 5.78. The molecule has 1 saturated heterocycles. The van der Waals surface area contributed by atoms with E-state index in [0.29, 0.717) is 18.9 Å². The molecule has 2 aromatic heterocycles. The van der Waals surface area contributed by atoms with Gasteiger partial charge in [-0.2, -0.15) is 0 Å². The lowest BCUT2D eigenvalue weighted by Crippen LogP contribution is -2.40. The Labute approximate surface area is 164 Å². The molecule has 146 valence electrons. The number of piperidine rings is 1. The Bertz CT molecular complexity index is 1010. The molecule has 28 heavy (non-hydrogen) atoms. The first kappa shape index (κ1) is 18.5. The van der Waals surface area contributed by atoms with E-state index in [9.17, 15) is 9.59 Å². The zero-order valence-corrected chi connectivity index (χ0v) is 16.3. The molecule has 0 bridgehead atoms. The second-order valence-corrected chi connectivity index (χ2v) is 7.61. The molecule has 0 saturated carbocycles. The van der Waals surface area contributed by atoms with Crippen molar-refractivity contribution in [3.8, 4) is 0 Å². The molecule has 1 aromatic carbocycles. The van der Waals surface area contributed by atoms with Crippen LogP contribution in [0.4, 0.5) is 0 Å². The fraction of sp³-hybridized carbons (Fsp3) is 0.409. The van der Waals surface area contributed by atoms with Gasteiger partial charge in [0.2, 0.25) is 5.91 Å². The van der Waals surface area contributed by atoms with Crippen LogP contribution in [-0.4, -0.2) is 38.0 Å². The van der Waals surface area contributed by atoms with Crippen LogP contribution in [0.15, 0.2) is 53.5 Å². The minimum atomic E-state index is -0.0185. The smallest absolute Gasteiger partial charge is 0.330 e. The summed E-state index contributed by atoms with van der Waals surface area (Å²) in [7, 11) is 1.79. The number of aromatic nitrogens is 3.